The summed E-state index contributed by atoms with van der Waals surface area (Å²) in [5.41, 5.74) is 0. The summed E-state index contributed by atoms with van der Waals surface area (Å²) in [5, 5.41) is 57.8. The second kappa shape index (κ2) is 21.2. The molecule has 0 bridgehead atoms. The van der Waals surface area contributed by atoms with Gasteiger partial charge in [-0.1, -0.05) is 13.2 Å². The molecule has 2 unspecified atom stereocenters. The molecule has 154 valence electrons. The maximum Gasteiger partial charge on any atom is 0.330 e. The monoisotopic (exact) mass is 384 g/mol. The number of esters is 2. The van der Waals surface area contributed by atoms with E-state index in [1.165, 1.54) is 0 Å². The van der Waals surface area contributed by atoms with Crippen LogP contribution in [0.25, 0.3) is 0 Å². The van der Waals surface area contributed by atoms with Crippen molar-refractivity contribution >= 4 is 11.9 Å². The lowest BCUT2D eigenvalue weighted by atomic mass is 10.4. The topological polar surface area (TPSA) is 194 Å². The predicted molar refractivity (Wildman–Crippen MR) is 88.7 cm³/mol. The van der Waals surface area contributed by atoms with Crippen molar-refractivity contribution in [3.63, 3.8) is 0 Å². The van der Waals surface area contributed by atoms with Crippen LogP contribution in [0.1, 0.15) is 0 Å². The Morgan fingerprint density at radius 2 is 0.962 bits per heavy atom. The van der Waals surface area contributed by atoms with Crippen molar-refractivity contribution in [2.45, 2.75) is 18.3 Å². The fourth-order valence-electron chi connectivity index (χ4n) is 0.638. The van der Waals surface area contributed by atoms with E-state index < -0.39 is 43.5 Å². The maximum atomic E-state index is 10.3. The van der Waals surface area contributed by atoms with Gasteiger partial charge < -0.3 is 45.2 Å². The Kier molecular flexibility index (Phi) is 23.6. The second-order valence-corrected chi connectivity index (χ2v) is 4.36. The van der Waals surface area contributed by atoms with Gasteiger partial charge in [0.1, 0.15) is 31.5 Å². The fraction of sp³-hybridized carbons (Fsp3) is 0.600. The van der Waals surface area contributed by atoms with Crippen molar-refractivity contribution in [3.05, 3.63) is 25.3 Å². The summed E-state index contributed by atoms with van der Waals surface area (Å²) in [4.78, 5) is 20.6. The first kappa shape index (κ1) is 28.9. The summed E-state index contributed by atoms with van der Waals surface area (Å²) in [6.45, 7) is 4.35. The summed E-state index contributed by atoms with van der Waals surface area (Å²) in [7, 11) is 0. The van der Waals surface area contributed by atoms with Crippen LogP contribution in [0.2, 0.25) is 0 Å². The highest BCUT2D eigenvalue weighted by molar-refractivity contribution is 5.81. The number of aliphatic hydroxyl groups is 7. The smallest absolute Gasteiger partial charge is 0.330 e. The van der Waals surface area contributed by atoms with Gasteiger partial charge in [-0.15, -0.1) is 0 Å². The maximum absolute atomic E-state index is 10.3. The van der Waals surface area contributed by atoms with Crippen molar-refractivity contribution in [3.8, 4) is 0 Å². The van der Waals surface area contributed by atoms with E-state index in [4.69, 9.17) is 35.7 Å². The van der Waals surface area contributed by atoms with E-state index in [0.29, 0.717) is 0 Å². The molecule has 0 aromatic heterocycles. The van der Waals surface area contributed by atoms with Gasteiger partial charge in [0.2, 0.25) is 0 Å². The van der Waals surface area contributed by atoms with Crippen LogP contribution < -0.4 is 0 Å². The highest BCUT2D eigenvalue weighted by Crippen LogP contribution is 1.85. The number of ether oxygens (including phenoxy) is 2. The van der Waals surface area contributed by atoms with Crippen molar-refractivity contribution in [1.82, 2.24) is 0 Å². The van der Waals surface area contributed by atoms with E-state index in [9.17, 15) is 9.59 Å². The first-order valence-corrected chi connectivity index (χ1v) is 7.28. The van der Waals surface area contributed by atoms with Crippen LogP contribution in [0.5, 0.6) is 0 Å². The zero-order chi connectivity index (χ0) is 21.0. The van der Waals surface area contributed by atoms with Crippen molar-refractivity contribution in [1.29, 1.82) is 0 Å². The third-order valence-corrected chi connectivity index (χ3v) is 2.01. The van der Waals surface area contributed by atoms with E-state index in [1.807, 2.05) is 0 Å². The molecule has 7 N–H and O–H groups in total. The van der Waals surface area contributed by atoms with Crippen LogP contribution in [0.15, 0.2) is 25.3 Å². The van der Waals surface area contributed by atoms with Crippen LogP contribution >= 0.6 is 0 Å². The highest BCUT2D eigenvalue weighted by atomic mass is 16.5. The first-order chi connectivity index (χ1) is 12.2. The van der Waals surface area contributed by atoms with Crippen LogP contribution in [0.4, 0.5) is 0 Å². The summed E-state index contributed by atoms with van der Waals surface area (Å²) in [5.74, 6) is -1.21. The molecular weight excluding hydrogens is 356 g/mol. The molecule has 0 rings (SSSR count). The van der Waals surface area contributed by atoms with Gasteiger partial charge in [0.15, 0.2) is 0 Å². The number of hydrogen-bond donors (Lipinski definition) is 7. The van der Waals surface area contributed by atoms with Crippen molar-refractivity contribution < 1.29 is 54.8 Å². The molecule has 0 heterocycles. The molecule has 0 aliphatic rings. The molecule has 0 aromatic carbocycles. The average Bonchev–Trinajstić information content (AvgIpc) is 2.69. The molecule has 0 aliphatic carbocycles. The Balaban J connectivity index is -0.000000316. The molecule has 26 heavy (non-hydrogen) atoms. The second-order valence-electron chi connectivity index (χ2n) is 4.36. The van der Waals surface area contributed by atoms with Gasteiger partial charge in [-0.05, 0) is 0 Å². The van der Waals surface area contributed by atoms with Gasteiger partial charge in [-0.2, -0.15) is 0 Å². The van der Waals surface area contributed by atoms with Gasteiger partial charge in [0.05, 0.1) is 26.4 Å². The first-order valence-electron chi connectivity index (χ1n) is 7.28. The average molecular weight is 384 g/mol. The third-order valence-electron chi connectivity index (χ3n) is 2.01. The van der Waals surface area contributed by atoms with E-state index >= 15 is 0 Å². The Hall–Kier alpha value is -1.86. The minimum absolute atomic E-state index is 0.193. The summed E-state index contributed by atoms with van der Waals surface area (Å²) in [6, 6.07) is 0. The summed E-state index contributed by atoms with van der Waals surface area (Å²) < 4.78 is 8.75. The van der Waals surface area contributed by atoms with Gasteiger partial charge in [-0.25, -0.2) is 9.59 Å². The number of carbonyl (C=O) groups excluding carboxylic acids is 2. The lowest BCUT2D eigenvalue weighted by Gasteiger charge is -2.05. The predicted octanol–water partition coefficient (Wildman–Crippen LogP) is -3.53. The molecular formula is C15H28O11. The standard InChI is InChI=1S/2C6H10O4.C3H8O3/c2*1-2-6(9)10-4-5(8)3-7;4-1-3(6)2-5/h2*2,5,7-8H,1,3-4H2;3-6H,1-2H2. The van der Waals surface area contributed by atoms with E-state index in [1.54, 1.807) is 0 Å². The van der Waals surface area contributed by atoms with Crippen molar-refractivity contribution in [2.24, 2.45) is 0 Å². The third kappa shape index (κ3) is 24.4. The SMILES string of the molecule is C=CC(=O)OCC(O)CO.C=CC(=O)OCC(O)CO.OCC(O)CO. The Labute approximate surface area is 151 Å². The molecule has 0 fully saturated rings. The molecule has 0 spiro atoms. The molecule has 2 atom stereocenters. The van der Waals surface area contributed by atoms with Crippen molar-refractivity contribution in [2.75, 3.05) is 39.6 Å². The van der Waals surface area contributed by atoms with Gasteiger partial charge in [0, 0.05) is 12.2 Å². The van der Waals surface area contributed by atoms with Crippen LogP contribution in [0.3, 0.4) is 0 Å². The normalized spacial score (nSPS) is 11.7. The fourth-order valence-corrected chi connectivity index (χ4v) is 0.638. The Morgan fingerprint density at radius 1 is 0.692 bits per heavy atom. The minimum atomic E-state index is -0.996. The van der Waals surface area contributed by atoms with Gasteiger partial charge >= 0.3 is 11.9 Å². The molecule has 0 aliphatic heterocycles. The van der Waals surface area contributed by atoms with E-state index in [-0.39, 0.29) is 26.4 Å². The van der Waals surface area contributed by atoms with Crippen LogP contribution in [-0.2, 0) is 19.1 Å². The van der Waals surface area contributed by atoms with Gasteiger partial charge in [-0.3, -0.25) is 0 Å². The molecule has 11 nitrogen and oxygen atoms in total. The number of aliphatic hydroxyl groups excluding tert-OH is 7. The van der Waals surface area contributed by atoms with Crippen LogP contribution in [-0.4, -0.2) is 106 Å². The Morgan fingerprint density at radius 3 is 1.12 bits per heavy atom. The largest absolute Gasteiger partial charge is 0.460 e. The van der Waals surface area contributed by atoms with E-state index in [0.717, 1.165) is 12.2 Å². The number of rotatable bonds is 10. The minimum Gasteiger partial charge on any atom is -0.460 e. The van der Waals surface area contributed by atoms with Gasteiger partial charge in [0.25, 0.3) is 0 Å². The quantitative estimate of drug-likeness (QED) is 0.146. The van der Waals surface area contributed by atoms with E-state index in [2.05, 4.69) is 22.6 Å². The zero-order valence-corrected chi connectivity index (χ0v) is 14.3. The molecule has 0 amide bonds. The number of carbonyl (C=O) groups is 2. The summed E-state index contributed by atoms with van der Waals surface area (Å²) in [6.07, 6.45) is -0.966. The highest BCUT2D eigenvalue weighted by Gasteiger charge is 2.04. The lowest BCUT2D eigenvalue weighted by molar-refractivity contribution is -0.142. The molecule has 11 heteroatoms. The molecule has 0 saturated carbocycles. The lowest BCUT2D eigenvalue weighted by Crippen LogP contribution is -2.21. The molecule has 0 saturated heterocycles. The summed E-state index contributed by atoms with van der Waals surface area (Å²) >= 11 is 0. The zero-order valence-electron chi connectivity index (χ0n) is 14.3. The molecule has 0 radical (unpaired) electrons. The number of hydrogen-bond acceptors (Lipinski definition) is 11. The molecule has 0 aromatic rings. The Bertz CT molecular complexity index is 339. The van der Waals surface area contributed by atoms with Crippen LogP contribution in [0, 0.1) is 0 Å².